The molecule has 0 unspecified atom stereocenters. The molecule has 1 N–H and O–H groups in total. The van der Waals surface area contributed by atoms with Crippen LogP contribution in [0.1, 0.15) is 39.5 Å². The number of alkyl halides is 1. The highest BCUT2D eigenvalue weighted by Crippen LogP contribution is 2.17. The highest BCUT2D eigenvalue weighted by Gasteiger charge is 2.20. The quantitative estimate of drug-likeness (QED) is 0.593. The lowest BCUT2D eigenvalue weighted by Gasteiger charge is -2.15. The minimum Gasteiger partial charge on any atom is -0.393 e. The summed E-state index contributed by atoms with van der Waals surface area (Å²) in [6, 6.07) is 0. The first-order valence-electron chi connectivity index (χ1n) is 3.92. The molecule has 0 aliphatic heterocycles. The van der Waals surface area contributed by atoms with E-state index < -0.39 is 5.67 Å². The molecule has 0 aromatic heterocycles. The summed E-state index contributed by atoms with van der Waals surface area (Å²) in [6.45, 7) is 3.17. The molecule has 0 aromatic rings. The van der Waals surface area contributed by atoms with Gasteiger partial charge in [-0.1, -0.05) is 26.2 Å². The fourth-order valence-electron chi connectivity index (χ4n) is 0.823. The van der Waals surface area contributed by atoms with Crippen LogP contribution in [-0.4, -0.2) is 17.4 Å². The van der Waals surface area contributed by atoms with E-state index in [0.717, 1.165) is 19.3 Å². The van der Waals surface area contributed by atoms with Crippen molar-refractivity contribution in [2.45, 2.75) is 45.2 Å². The van der Waals surface area contributed by atoms with Gasteiger partial charge in [-0.25, -0.2) is 4.39 Å². The Bertz CT molecular complexity index is 81.3. The average molecular weight is 148 g/mol. The minimum atomic E-state index is -1.35. The lowest BCUT2D eigenvalue weighted by Crippen LogP contribution is -2.22. The zero-order chi connectivity index (χ0) is 8.04. The standard InChI is InChI=1S/C8H17FO/c1-3-4-5-6-8(2,9)7-10/h10H,3-7H2,1-2H3/t8-/m1/s1. The van der Waals surface area contributed by atoms with Crippen molar-refractivity contribution >= 4 is 0 Å². The third-order valence-electron chi connectivity index (χ3n) is 1.63. The summed E-state index contributed by atoms with van der Waals surface area (Å²) in [5, 5.41) is 8.52. The van der Waals surface area contributed by atoms with E-state index in [1.54, 1.807) is 0 Å². The highest BCUT2D eigenvalue weighted by atomic mass is 19.1. The third-order valence-corrected chi connectivity index (χ3v) is 1.63. The second-order valence-corrected chi connectivity index (χ2v) is 3.03. The number of halogens is 1. The van der Waals surface area contributed by atoms with E-state index >= 15 is 0 Å². The largest absolute Gasteiger partial charge is 0.393 e. The van der Waals surface area contributed by atoms with E-state index in [4.69, 9.17) is 5.11 Å². The summed E-state index contributed by atoms with van der Waals surface area (Å²) in [7, 11) is 0. The Morgan fingerprint density at radius 3 is 2.40 bits per heavy atom. The van der Waals surface area contributed by atoms with Crippen molar-refractivity contribution in [1.82, 2.24) is 0 Å². The van der Waals surface area contributed by atoms with Gasteiger partial charge >= 0.3 is 0 Å². The van der Waals surface area contributed by atoms with Crippen LogP contribution < -0.4 is 0 Å². The number of aliphatic hydroxyl groups excluding tert-OH is 1. The molecule has 1 nitrogen and oxygen atoms in total. The van der Waals surface area contributed by atoms with E-state index in [9.17, 15) is 4.39 Å². The zero-order valence-corrected chi connectivity index (χ0v) is 6.86. The first kappa shape index (κ1) is 9.89. The average Bonchev–Trinajstić information content (AvgIpc) is 1.89. The van der Waals surface area contributed by atoms with Crippen LogP contribution in [0.15, 0.2) is 0 Å². The van der Waals surface area contributed by atoms with E-state index in [2.05, 4.69) is 6.92 Å². The van der Waals surface area contributed by atoms with Gasteiger partial charge in [0.2, 0.25) is 0 Å². The van der Waals surface area contributed by atoms with Crippen LogP contribution in [0.3, 0.4) is 0 Å². The van der Waals surface area contributed by atoms with Crippen LogP contribution in [-0.2, 0) is 0 Å². The fourth-order valence-corrected chi connectivity index (χ4v) is 0.823. The molecule has 0 heterocycles. The van der Waals surface area contributed by atoms with Crippen molar-refractivity contribution < 1.29 is 9.50 Å². The number of hydrogen-bond donors (Lipinski definition) is 1. The molecular formula is C8H17FO. The third kappa shape index (κ3) is 4.74. The Hall–Kier alpha value is -0.110. The predicted molar refractivity (Wildman–Crippen MR) is 40.7 cm³/mol. The Morgan fingerprint density at radius 1 is 1.40 bits per heavy atom. The lowest BCUT2D eigenvalue weighted by molar-refractivity contribution is 0.0774. The van der Waals surface area contributed by atoms with Gasteiger partial charge in [-0.15, -0.1) is 0 Å². The smallest absolute Gasteiger partial charge is 0.131 e. The summed E-state index contributed by atoms with van der Waals surface area (Å²) in [4.78, 5) is 0. The molecule has 2 heteroatoms. The molecule has 1 atom stereocenters. The first-order valence-corrected chi connectivity index (χ1v) is 3.92. The molecule has 0 spiro atoms. The van der Waals surface area contributed by atoms with Gasteiger partial charge < -0.3 is 5.11 Å². The predicted octanol–water partition coefficient (Wildman–Crippen LogP) is 2.29. The van der Waals surface area contributed by atoms with Crippen molar-refractivity contribution in [3.63, 3.8) is 0 Å². The van der Waals surface area contributed by atoms with E-state index in [1.165, 1.54) is 6.92 Å². The summed E-state index contributed by atoms with van der Waals surface area (Å²) in [5.74, 6) is 0. The second kappa shape index (κ2) is 4.67. The highest BCUT2D eigenvalue weighted by molar-refractivity contribution is 4.70. The van der Waals surface area contributed by atoms with Gasteiger partial charge in [0.05, 0.1) is 6.61 Å². The van der Waals surface area contributed by atoms with Gasteiger partial charge in [-0.2, -0.15) is 0 Å². The summed E-state index contributed by atoms with van der Waals surface area (Å²) >= 11 is 0. The molecule has 0 aliphatic carbocycles. The molecular weight excluding hydrogens is 131 g/mol. The number of rotatable bonds is 5. The molecule has 0 bridgehead atoms. The lowest BCUT2D eigenvalue weighted by atomic mass is 10.0. The fraction of sp³-hybridized carbons (Fsp3) is 1.00. The molecule has 10 heavy (non-hydrogen) atoms. The number of aliphatic hydroxyl groups is 1. The molecule has 0 aliphatic rings. The number of unbranched alkanes of at least 4 members (excludes halogenated alkanes) is 2. The summed E-state index contributed by atoms with van der Waals surface area (Å²) in [5.41, 5.74) is -1.35. The van der Waals surface area contributed by atoms with Crippen LogP contribution >= 0.6 is 0 Å². The van der Waals surface area contributed by atoms with Gasteiger partial charge in [-0.05, 0) is 13.3 Å². The van der Waals surface area contributed by atoms with Gasteiger partial charge in [0, 0.05) is 0 Å². The minimum absolute atomic E-state index is 0.350. The Labute approximate surface area is 62.3 Å². The summed E-state index contributed by atoms with van der Waals surface area (Å²) in [6.07, 6.45) is 3.52. The van der Waals surface area contributed by atoms with Crippen LogP contribution in [0.5, 0.6) is 0 Å². The zero-order valence-electron chi connectivity index (χ0n) is 6.86. The van der Waals surface area contributed by atoms with E-state index in [1.807, 2.05) is 0 Å². The van der Waals surface area contributed by atoms with Crippen molar-refractivity contribution in [2.75, 3.05) is 6.61 Å². The Balaban J connectivity index is 3.28. The molecule has 0 fully saturated rings. The van der Waals surface area contributed by atoms with Gasteiger partial charge in [0.1, 0.15) is 5.67 Å². The SMILES string of the molecule is CCCCC[C@@](C)(F)CO. The first-order chi connectivity index (χ1) is 4.62. The number of hydrogen-bond acceptors (Lipinski definition) is 1. The van der Waals surface area contributed by atoms with Gasteiger partial charge in [-0.3, -0.25) is 0 Å². The van der Waals surface area contributed by atoms with Crippen LogP contribution in [0, 0.1) is 0 Å². The van der Waals surface area contributed by atoms with Gasteiger partial charge in [0.25, 0.3) is 0 Å². The Kier molecular flexibility index (Phi) is 4.62. The van der Waals surface area contributed by atoms with Crippen LogP contribution in [0.4, 0.5) is 4.39 Å². The molecule has 0 saturated carbocycles. The monoisotopic (exact) mass is 148 g/mol. The molecule has 0 saturated heterocycles. The van der Waals surface area contributed by atoms with Crippen molar-refractivity contribution in [2.24, 2.45) is 0 Å². The van der Waals surface area contributed by atoms with E-state index in [-0.39, 0.29) is 6.61 Å². The van der Waals surface area contributed by atoms with Crippen LogP contribution in [0.25, 0.3) is 0 Å². The normalized spacial score (nSPS) is 16.8. The molecule has 62 valence electrons. The van der Waals surface area contributed by atoms with Crippen molar-refractivity contribution in [3.8, 4) is 0 Å². The van der Waals surface area contributed by atoms with Crippen LogP contribution in [0.2, 0.25) is 0 Å². The Morgan fingerprint density at radius 2 is 2.00 bits per heavy atom. The maximum Gasteiger partial charge on any atom is 0.131 e. The van der Waals surface area contributed by atoms with Gasteiger partial charge in [0.15, 0.2) is 0 Å². The summed E-state index contributed by atoms with van der Waals surface area (Å²) < 4.78 is 12.9. The maximum atomic E-state index is 12.9. The molecule has 0 aromatic carbocycles. The molecule has 0 amide bonds. The van der Waals surface area contributed by atoms with Crippen molar-refractivity contribution in [3.05, 3.63) is 0 Å². The van der Waals surface area contributed by atoms with E-state index in [0.29, 0.717) is 6.42 Å². The second-order valence-electron chi connectivity index (χ2n) is 3.03. The van der Waals surface area contributed by atoms with Crippen molar-refractivity contribution in [1.29, 1.82) is 0 Å². The molecule has 0 rings (SSSR count). The topological polar surface area (TPSA) is 20.2 Å². The molecule has 0 radical (unpaired) electrons. The maximum absolute atomic E-state index is 12.9.